The smallest absolute Gasteiger partial charge is 0.149 e. The molecule has 0 fully saturated rings. The van der Waals surface area contributed by atoms with E-state index in [9.17, 15) is 0 Å². The third-order valence-electron chi connectivity index (χ3n) is 2.61. The fourth-order valence-electron chi connectivity index (χ4n) is 1.82. The molecule has 1 atom stereocenters. The van der Waals surface area contributed by atoms with Crippen LogP contribution in [0.4, 0.5) is 0 Å². The molecule has 100 valence electrons. The molecule has 2 aromatic rings. The molecule has 0 radical (unpaired) electrons. The second kappa shape index (κ2) is 6.59. The molecule has 0 heterocycles. The van der Waals surface area contributed by atoms with E-state index in [2.05, 4.69) is 22.6 Å². The zero-order chi connectivity index (χ0) is 13.8. The highest BCUT2D eigenvalue weighted by molar-refractivity contribution is 14.1. The summed E-state index contributed by atoms with van der Waals surface area (Å²) in [6, 6.07) is 13.7. The van der Waals surface area contributed by atoms with Crippen molar-refractivity contribution in [1.82, 2.24) is 0 Å². The first-order chi connectivity index (χ1) is 9.06. The number of ether oxygens (including phenoxy) is 1. The lowest BCUT2D eigenvalue weighted by atomic mass is 10.1. The van der Waals surface area contributed by atoms with Crippen molar-refractivity contribution < 1.29 is 4.74 Å². The topological polar surface area (TPSA) is 35.2 Å². The van der Waals surface area contributed by atoms with Crippen LogP contribution in [0.25, 0.3) is 0 Å². The summed E-state index contributed by atoms with van der Waals surface area (Å²) in [4.78, 5) is 0. The average Bonchev–Trinajstić information content (AvgIpc) is 2.33. The van der Waals surface area contributed by atoms with Gasteiger partial charge in [0.2, 0.25) is 0 Å². The Balaban J connectivity index is 2.33. The van der Waals surface area contributed by atoms with E-state index in [0.29, 0.717) is 10.8 Å². The fraction of sp³-hybridized carbons (Fsp3) is 0.200. The molecule has 19 heavy (non-hydrogen) atoms. The van der Waals surface area contributed by atoms with Gasteiger partial charge in [0.25, 0.3) is 0 Å². The SMILES string of the molecule is CC(N)Cc1cccc(Cl)c1Oc1cccc(I)c1. The summed E-state index contributed by atoms with van der Waals surface area (Å²) in [6.07, 6.45) is 0.736. The largest absolute Gasteiger partial charge is 0.455 e. The van der Waals surface area contributed by atoms with Gasteiger partial charge in [-0.3, -0.25) is 0 Å². The van der Waals surface area contributed by atoms with E-state index in [-0.39, 0.29) is 6.04 Å². The third-order valence-corrected chi connectivity index (χ3v) is 3.58. The maximum absolute atomic E-state index is 6.23. The molecule has 2 N–H and O–H groups in total. The van der Waals surface area contributed by atoms with E-state index in [1.165, 1.54) is 0 Å². The summed E-state index contributed by atoms with van der Waals surface area (Å²) in [6.45, 7) is 1.97. The van der Waals surface area contributed by atoms with Crippen molar-refractivity contribution in [2.75, 3.05) is 0 Å². The maximum Gasteiger partial charge on any atom is 0.149 e. The van der Waals surface area contributed by atoms with Crippen molar-refractivity contribution in [3.05, 3.63) is 56.6 Å². The molecular weight excluding hydrogens is 373 g/mol. The van der Waals surface area contributed by atoms with Crippen LogP contribution >= 0.6 is 34.2 Å². The van der Waals surface area contributed by atoms with Crippen molar-refractivity contribution in [1.29, 1.82) is 0 Å². The summed E-state index contributed by atoms with van der Waals surface area (Å²) >= 11 is 8.49. The molecule has 0 saturated carbocycles. The zero-order valence-electron chi connectivity index (χ0n) is 10.6. The Morgan fingerprint density at radius 1 is 1.26 bits per heavy atom. The lowest BCUT2D eigenvalue weighted by molar-refractivity contribution is 0.474. The molecule has 2 rings (SSSR count). The van der Waals surface area contributed by atoms with E-state index in [0.717, 1.165) is 21.3 Å². The van der Waals surface area contributed by atoms with Crippen LogP contribution in [0.1, 0.15) is 12.5 Å². The summed E-state index contributed by atoms with van der Waals surface area (Å²) in [7, 11) is 0. The lowest BCUT2D eigenvalue weighted by Gasteiger charge is -2.14. The van der Waals surface area contributed by atoms with E-state index >= 15 is 0 Å². The Morgan fingerprint density at radius 3 is 2.68 bits per heavy atom. The van der Waals surface area contributed by atoms with Crippen LogP contribution in [0, 0.1) is 3.57 Å². The second-order valence-corrected chi connectivity index (χ2v) is 6.12. The number of hydrogen-bond donors (Lipinski definition) is 1. The first-order valence-corrected chi connectivity index (χ1v) is 7.48. The van der Waals surface area contributed by atoms with Gasteiger partial charge in [0.05, 0.1) is 5.02 Å². The molecule has 0 aliphatic heterocycles. The molecule has 0 amide bonds. The molecule has 2 aromatic carbocycles. The Hall–Kier alpha value is -0.780. The molecule has 0 bridgehead atoms. The van der Waals surface area contributed by atoms with Gasteiger partial charge in [-0.25, -0.2) is 0 Å². The number of hydrogen-bond acceptors (Lipinski definition) is 2. The standard InChI is InChI=1S/C15H15ClINO/c1-10(18)8-11-4-2-7-14(16)15(11)19-13-6-3-5-12(17)9-13/h2-7,9-10H,8,18H2,1H3. The summed E-state index contributed by atoms with van der Waals surface area (Å²) in [5.41, 5.74) is 6.89. The molecule has 0 saturated heterocycles. The third kappa shape index (κ3) is 4.09. The van der Waals surface area contributed by atoms with Crippen LogP contribution in [-0.2, 0) is 6.42 Å². The lowest BCUT2D eigenvalue weighted by Crippen LogP contribution is -2.18. The summed E-state index contributed by atoms with van der Waals surface area (Å²) < 4.78 is 7.05. The molecule has 0 aromatic heterocycles. The normalized spacial score (nSPS) is 12.2. The van der Waals surface area contributed by atoms with Gasteiger partial charge in [0, 0.05) is 9.61 Å². The average molecular weight is 388 g/mol. The van der Waals surface area contributed by atoms with Crippen LogP contribution < -0.4 is 10.5 Å². The Morgan fingerprint density at radius 2 is 2.00 bits per heavy atom. The molecule has 0 aliphatic carbocycles. The molecule has 2 nitrogen and oxygen atoms in total. The van der Waals surface area contributed by atoms with Gasteiger partial charge in [-0.15, -0.1) is 0 Å². The van der Waals surface area contributed by atoms with E-state index in [1.54, 1.807) is 0 Å². The van der Waals surface area contributed by atoms with Crippen LogP contribution in [0.2, 0.25) is 5.02 Å². The molecule has 4 heteroatoms. The van der Waals surface area contributed by atoms with Gasteiger partial charge < -0.3 is 10.5 Å². The second-order valence-electron chi connectivity index (χ2n) is 4.47. The Bertz CT molecular complexity index is 572. The van der Waals surface area contributed by atoms with Gasteiger partial charge in [-0.05, 0) is 65.8 Å². The van der Waals surface area contributed by atoms with Gasteiger partial charge in [0.15, 0.2) is 0 Å². The van der Waals surface area contributed by atoms with Crippen molar-refractivity contribution in [3.8, 4) is 11.5 Å². The number of nitrogens with two attached hydrogens (primary N) is 1. The highest BCUT2D eigenvalue weighted by atomic mass is 127. The van der Waals surface area contributed by atoms with Crippen LogP contribution in [0.5, 0.6) is 11.5 Å². The minimum atomic E-state index is 0.0664. The first-order valence-electron chi connectivity index (χ1n) is 6.02. The van der Waals surface area contributed by atoms with Crippen molar-refractivity contribution in [3.63, 3.8) is 0 Å². The van der Waals surface area contributed by atoms with Gasteiger partial charge >= 0.3 is 0 Å². The molecular formula is C15H15ClINO. The zero-order valence-corrected chi connectivity index (χ0v) is 13.5. The number of rotatable bonds is 4. The van der Waals surface area contributed by atoms with E-state index < -0.39 is 0 Å². The monoisotopic (exact) mass is 387 g/mol. The minimum Gasteiger partial charge on any atom is -0.455 e. The van der Waals surface area contributed by atoms with Gasteiger partial charge in [-0.2, -0.15) is 0 Å². The van der Waals surface area contributed by atoms with Crippen LogP contribution in [0.15, 0.2) is 42.5 Å². The van der Waals surface area contributed by atoms with Crippen LogP contribution in [0.3, 0.4) is 0 Å². The predicted molar refractivity (Wildman–Crippen MR) is 88.0 cm³/mol. The van der Waals surface area contributed by atoms with Crippen LogP contribution in [-0.4, -0.2) is 6.04 Å². The van der Waals surface area contributed by atoms with E-state index in [4.69, 9.17) is 22.1 Å². The molecule has 1 unspecified atom stereocenters. The molecule has 0 spiro atoms. The first kappa shape index (κ1) is 14.6. The highest BCUT2D eigenvalue weighted by Crippen LogP contribution is 2.33. The van der Waals surface area contributed by atoms with Crippen molar-refractivity contribution >= 4 is 34.2 Å². The Kier molecular flexibility index (Phi) is 5.07. The number of halogens is 2. The fourth-order valence-corrected chi connectivity index (χ4v) is 2.57. The summed E-state index contributed by atoms with van der Waals surface area (Å²) in [5.74, 6) is 1.48. The highest BCUT2D eigenvalue weighted by Gasteiger charge is 2.11. The predicted octanol–water partition coefficient (Wildman–Crippen LogP) is 4.63. The van der Waals surface area contributed by atoms with Gasteiger partial charge in [0.1, 0.15) is 11.5 Å². The Labute approximate surface area is 132 Å². The van der Waals surface area contributed by atoms with Crippen molar-refractivity contribution in [2.24, 2.45) is 5.73 Å². The van der Waals surface area contributed by atoms with Gasteiger partial charge in [-0.1, -0.05) is 29.8 Å². The quantitative estimate of drug-likeness (QED) is 0.777. The number of para-hydroxylation sites is 1. The molecule has 0 aliphatic rings. The summed E-state index contributed by atoms with van der Waals surface area (Å²) in [5, 5.41) is 0.608. The van der Waals surface area contributed by atoms with Crippen molar-refractivity contribution in [2.45, 2.75) is 19.4 Å². The number of benzene rings is 2. The van der Waals surface area contributed by atoms with E-state index in [1.807, 2.05) is 49.4 Å². The maximum atomic E-state index is 6.23. The minimum absolute atomic E-state index is 0.0664.